The number of hydrogen-bond donors (Lipinski definition) is 1. The lowest BCUT2D eigenvalue weighted by atomic mass is 10.0. The topological polar surface area (TPSA) is 68.3 Å². The van der Waals surface area contributed by atoms with Crippen LogP contribution in [0.1, 0.15) is 18.0 Å². The van der Waals surface area contributed by atoms with Gasteiger partial charge in [-0.05, 0) is 6.07 Å². The lowest BCUT2D eigenvalue weighted by Crippen LogP contribution is -2.26. The molecule has 16 heavy (non-hydrogen) atoms. The quantitative estimate of drug-likeness (QED) is 0.836. The van der Waals surface area contributed by atoms with Crippen LogP contribution in [0.4, 0.5) is 8.78 Å². The van der Waals surface area contributed by atoms with Crippen LogP contribution in [0.2, 0.25) is 0 Å². The molecule has 0 amide bonds. The van der Waals surface area contributed by atoms with Crippen molar-refractivity contribution in [1.29, 1.82) is 5.26 Å². The monoisotopic (exact) mass is 226 g/mol. The summed E-state index contributed by atoms with van der Waals surface area (Å²) in [5.41, 5.74) is 6.01. The van der Waals surface area contributed by atoms with Gasteiger partial charge in [0.25, 0.3) is 0 Å². The van der Waals surface area contributed by atoms with Crippen LogP contribution in [-0.2, 0) is 0 Å². The minimum Gasteiger partial charge on any atom is -0.395 e. The predicted molar refractivity (Wildman–Crippen MR) is 49.8 cm³/mol. The summed E-state index contributed by atoms with van der Waals surface area (Å²) < 4.78 is 34.2. The molecule has 1 atom stereocenters. The lowest BCUT2D eigenvalue weighted by molar-refractivity contribution is -0.287. The zero-order chi connectivity index (χ0) is 11.8. The number of hydrogen-bond acceptors (Lipinski definition) is 4. The second kappa shape index (κ2) is 3.61. The predicted octanol–water partition coefficient (Wildman–Crippen LogP) is 1.92. The van der Waals surface area contributed by atoms with Crippen molar-refractivity contribution < 1.29 is 18.3 Å². The fourth-order valence-corrected chi connectivity index (χ4v) is 1.49. The molecule has 2 rings (SSSR count). The van der Waals surface area contributed by atoms with Crippen LogP contribution in [0, 0.1) is 11.3 Å². The maximum Gasteiger partial charge on any atom is 0.586 e. The second-order valence-electron chi connectivity index (χ2n) is 3.31. The molecule has 0 unspecified atom stereocenters. The summed E-state index contributed by atoms with van der Waals surface area (Å²) in [6, 6.07) is 5.62. The highest BCUT2D eigenvalue weighted by Gasteiger charge is 2.44. The van der Waals surface area contributed by atoms with Crippen molar-refractivity contribution in [2.45, 2.75) is 18.8 Å². The Labute approximate surface area is 90.2 Å². The molecule has 2 N–H and O–H groups in total. The minimum absolute atomic E-state index is 0.0192. The molecule has 0 spiro atoms. The number of para-hydroxylation sites is 1. The molecular weight excluding hydrogens is 218 g/mol. The summed E-state index contributed by atoms with van der Waals surface area (Å²) in [6.45, 7) is 0. The van der Waals surface area contributed by atoms with Crippen LogP contribution in [0.25, 0.3) is 0 Å². The first-order chi connectivity index (χ1) is 7.53. The van der Waals surface area contributed by atoms with Crippen LogP contribution >= 0.6 is 0 Å². The number of nitriles is 1. The van der Waals surface area contributed by atoms with Gasteiger partial charge in [-0.2, -0.15) is 5.26 Å². The lowest BCUT2D eigenvalue weighted by Gasteiger charge is -2.10. The standard InChI is InChI=1S/C10H8F2N2O2/c11-10(12)15-8-3-1-2-6(9(8)16-10)7(14)4-5-13/h1-3,7H,4,14H2/t7-/m1/s1. The Hall–Kier alpha value is -1.87. The van der Waals surface area contributed by atoms with Gasteiger partial charge in [0.2, 0.25) is 0 Å². The summed E-state index contributed by atoms with van der Waals surface area (Å²) in [7, 11) is 0. The number of alkyl halides is 2. The van der Waals surface area contributed by atoms with Gasteiger partial charge in [-0.1, -0.05) is 12.1 Å². The Balaban J connectivity index is 2.38. The van der Waals surface area contributed by atoms with Gasteiger partial charge in [0.15, 0.2) is 11.5 Å². The zero-order valence-corrected chi connectivity index (χ0v) is 8.11. The minimum atomic E-state index is -3.66. The molecule has 1 aromatic carbocycles. The fourth-order valence-electron chi connectivity index (χ4n) is 1.49. The summed E-state index contributed by atoms with van der Waals surface area (Å²) in [5.74, 6) is -0.147. The van der Waals surface area contributed by atoms with Crippen LogP contribution in [-0.4, -0.2) is 6.29 Å². The number of benzene rings is 1. The second-order valence-corrected chi connectivity index (χ2v) is 3.31. The van der Waals surface area contributed by atoms with Crippen molar-refractivity contribution in [3.63, 3.8) is 0 Å². The van der Waals surface area contributed by atoms with E-state index in [0.717, 1.165) is 0 Å². The Kier molecular flexibility index (Phi) is 2.40. The molecule has 0 aliphatic carbocycles. The molecule has 84 valence electrons. The summed E-state index contributed by atoms with van der Waals surface area (Å²) in [4.78, 5) is 0. The highest BCUT2D eigenvalue weighted by Crippen LogP contribution is 2.44. The molecule has 0 radical (unpaired) electrons. The number of nitrogens with two attached hydrogens (primary N) is 1. The SMILES string of the molecule is N#CC[C@@H](N)c1cccc2c1OC(F)(F)O2. The van der Waals surface area contributed by atoms with Gasteiger partial charge in [0, 0.05) is 11.6 Å². The van der Waals surface area contributed by atoms with Gasteiger partial charge in [-0.15, -0.1) is 8.78 Å². The van der Waals surface area contributed by atoms with E-state index in [2.05, 4.69) is 9.47 Å². The third-order valence-corrected chi connectivity index (χ3v) is 2.17. The van der Waals surface area contributed by atoms with Gasteiger partial charge >= 0.3 is 6.29 Å². The van der Waals surface area contributed by atoms with Gasteiger partial charge in [-0.3, -0.25) is 0 Å². The van der Waals surface area contributed by atoms with E-state index in [1.54, 1.807) is 0 Å². The van der Waals surface area contributed by atoms with Crippen molar-refractivity contribution in [2.75, 3.05) is 0 Å². The molecule has 0 saturated heterocycles. The van der Waals surface area contributed by atoms with E-state index in [9.17, 15) is 8.78 Å². The molecule has 1 aliphatic heterocycles. The normalized spacial score (nSPS) is 17.9. The Morgan fingerprint density at radius 3 is 2.88 bits per heavy atom. The van der Waals surface area contributed by atoms with Crippen molar-refractivity contribution >= 4 is 0 Å². The molecule has 0 saturated carbocycles. The third-order valence-electron chi connectivity index (χ3n) is 2.17. The molecule has 4 nitrogen and oxygen atoms in total. The largest absolute Gasteiger partial charge is 0.586 e. The number of nitrogens with zero attached hydrogens (tertiary/aromatic N) is 1. The van der Waals surface area contributed by atoms with Crippen molar-refractivity contribution in [2.24, 2.45) is 5.73 Å². The van der Waals surface area contributed by atoms with Gasteiger partial charge in [-0.25, -0.2) is 0 Å². The van der Waals surface area contributed by atoms with E-state index < -0.39 is 12.3 Å². The van der Waals surface area contributed by atoms with Gasteiger partial charge in [0.05, 0.1) is 12.5 Å². The summed E-state index contributed by atoms with van der Waals surface area (Å²) in [5, 5.41) is 8.50. The van der Waals surface area contributed by atoms with E-state index >= 15 is 0 Å². The molecule has 1 heterocycles. The Morgan fingerprint density at radius 2 is 2.19 bits per heavy atom. The third kappa shape index (κ3) is 1.77. The summed E-state index contributed by atoms with van der Waals surface area (Å²) in [6.07, 6.45) is -3.64. The maximum absolute atomic E-state index is 12.8. The molecule has 1 aromatic rings. The van der Waals surface area contributed by atoms with E-state index in [1.165, 1.54) is 18.2 Å². The molecule has 1 aliphatic rings. The number of halogens is 2. The van der Waals surface area contributed by atoms with Crippen LogP contribution in [0.3, 0.4) is 0 Å². The van der Waals surface area contributed by atoms with E-state index in [4.69, 9.17) is 11.0 Å². The number of fused-ring (bicyclic) bond motifs is 1. The van der Waals surface area contributed by atoms with E-state index in [-0.39, 0.29) is 17.9 Å². The molecular formula is C10H8F2N2O2. The van der Waals surface area contributed by atoms with Gasteiger partial charge in [0.1, 0.15) is 0 Å². The van der Waals surface area contributed by atoms with Crippen molar-refractivity contribution in [3.8, 4) is 17.6 Å². The fraction of sp³-hybridized carbons (Fsp3) is 0.300. The summed E-state index contributed by atoms with van der Waals surface area (Å²) >= 11 is 0. The first-order valence-electron chi connectivity index (χ1n) is 4.55. The van der Waals surface area contributed by atoms with Gasteiger partial charge < -0.3 is 15.2 Å². The van der Waals surface area contributed by atoms with Crippen LogP contribution in [0.5, 0.6) is 11.5 Å². The van der Waals surface area contributed by atoms with Crippen molar-refractivity contribution in [3.05, 3.63) is 23.8 Å². The average Bonchev–Trinajstić information content (AvgIpc) is 2.51. The first kappa shape index (κ1) is 10.6. The number of rotatable bonds is 2. The first-order valence-corrected chi connectivity index (χ1v) is 4.55. The highest BCUT2D eigenvalue weighted by molar-refractivity contribution is 5.50. The average molecular weight is 226 g/mol. The van der Waals surface area contributed by atoms with Crippen LogP contribution < -0.4 is 15.2 Å². The Morgan fingerprint density at radius 1 is 1.44 bits per heavy atom. The Bertz CT molecular complexity index is 457. The molecule has 0 fully saturated rings. The zero-order valence-electron chi connectivity index (χ0n) is 8.11. The van der Waals surface area contributed by atoms with E-state index in [1.807, 2.05) is 6.07 Å². The van der Waals surface area contributed by atoms with E-state index in [0.29, 0.717) is 5.56 Å². The molecule has 6 heteroatoms. The molecule has 0 aromatic heterocycles. The number of ether oxygens (including phenoxy) is 2. The molecule has 0 bridgehead atoms. The highest BCUT2D eigenvalue weighted by atomic mass is 19.3. The van der Waals surface area contributed by atoms with Crippen LogP contribution in [0.15, 0.2) is 18.2 Å². The van der Waals surface area contributed by atoms with Crippen molar-refractivity contribution in [1.82, 2.24) is 0 Å². The maximum atomic E-state index is 12.8. The smallest absolute Gasteiger partial charge is 0.395 e.